The highest BCUT2D eigenvalue weighted by molar-refractivity contribution is 14.1. The van der Waals surface area contributed by atoms with Crippen LogP contribution in [-0.2, 0) is 11.3 Å². The van der Waals surface area contributed by atoms with E-state index in [1.165, 1.54) is 6.42 Å². The van der Waals surface area contributed by atoms with Gasteiger partial charge in [0.1, 0.15) is 6.61 Å². The molecule has 1 aliphatic rings. The van der Waals surface area contributed by atoms with Gasteiger partial charge in [-0.1, -0.05) is 52.9 Å². The fraction of sp³-hybridized carbons (Fsp3) is 0.462. The molecule has 1 aromatic rings. The van der Waals surface area contributed by atoms with Gasteiger partial charge in [0.2, 0.25) is 0 Å². The summed E-state index contributed by atoms with van der Waals surface area (Å²) in [7, 11) is 0. The predicted octanol–water partition coefficient (Wildman–Crippen LogP) is 3.57. The van der Waals surface area contributed by atoms with Crippen molar-refractivity contribution < 1.29 is 9.53 Å². The lowest BCUT2D eigenvalue weighted by Gasteiger charge is -2.31. The van der Waals surface area contributed by atoms with Crippen LogP contribution in [0.5, 0.6) is 0 Å². The van der Waals surface area contributed by atoms with Crippen molar-refractivity contribution in [2.45, 2.75) is 29.9 Å². The smallest absolute Gasteiger partial charge is 0.410 e. The van der Waals surface area contributed by atoms with E-state index < -0.39 is 0 Å². The second kappa shape index (κ2) is 6.23. The van der Waals surface area contributed by atoms with Gasteiger partial charge in [0.15, 0.2) is 0 Å². The second-order valence-electron chi connectivity index (χ2n) is 4.16. The normalized spacial score (nSPS) is 20.1. The van der Waals surface area contributed by atoms with Crippen LogP contribution in [0.4, 0.5) is 4.79 Å². The first-order valence-electron chi connectivity index (χ1n) is 5.89. The summed E-state index contributed by atoms with van der Waals surface area (Å²) in [4.78, 5) is 13.7. The minimum Gasteiger partial charge on any atom is -0.445 e. The van der Waals surface area contributed by atoms with Gasteiger partial charge in [-0.05, 0) is 24.8 Å². The Morgan fingerprint density at radius 1 is 1.35 bits per heavy atom. The molecule has 0 aromatic heterocycles. The number of hydrogen-bond acceptors (Lipinski definition) is 2. The highest BCUT2D eigenvalue weighted by Crippen LogP contribution is 2.22. The van der Waals surface area contributed by atoms with Crippen LogP contribution in [0.3, 0.4) is 0 Å². The summed E-state index contributed by atoms with van der Waals surface area (Å²) in [6.07, 6.45) is 3.17. The van der Waals surface area contributed by atoms with Gasteiger partial charge < -0.3 is 4.74 Å². The molecule has 1 heterocycles. The third-order valence-corrected chi connectivity index (χ3v) is 4.16. The maximum atomic E-state index is 11.9. The zero-order valence-electron chi connectivity index (χ0n) is 9.64. The van der Waals surface area contributed by atoms with E-state index in [4.69, 9.17) is 4.74 Å². The Bertz CT molecular complexity index is 369. The number of rotatable bonds is 2. The maximum absolute atomic E-state index is 11.9. The minimum atomic E-state index is -0.187. The Kier molecular flexibility index (Phi) is 4.65. The maximum Gasteiger partial charge on any atom is 0.410 e. The number of ether oxygens (including phenoxy) is 1. The fourth-order valence-corrected chi connectivity index (χ4v) is 2.85. The average molecular weight is 345 g/mol. The van der Waals surface area contributed by atoms with Crippen molar-refractivity contribution in [3.05, 3.63) is 35.9 Å². The van der Waals surface area contributed by atoms with Crippen molar-refractivity contribution in [2.75, 3.05) is 6.54 Å². The zero-order valence-corrected chi connectivity index (χ0v) is 11.8. The number of benzene rings is 1. The first-order valence-corrected chi connectivity index (χ1v) is 7.13. The zero-order chi connectivity index (χ0) is 12.1. The molecule has 0 saturated carbocycles. The Morgan fingerprint density at radius 3 is 2.82 bits per heavy atom. The van der Waals surface area contributed by atoms with E-state index in [1.807, 2.05) is 35.2 Å². The van der Waals surface area contributed by atoms with Crippen molar-refractivity contribution in [1.29, 1.82) is 0 Å². The van der Waals surface area contributed by atoms with E-state index in [2.05, 4.69) is 22.6 Å². The molecule has 1 aliphatic heterocycles. The van der Waals surface area contributed by atoms with Crippen molar-refractivity contribution in [3.63, 3.8) is 0 Å². The molecule has 3 nitrogen and oxygen atoms in total. The van der Waals surface area contributed by atoms with Crippen molar-refractivity contribution >= 4 is 28.7 Å². The quantitative estimate of drug-likeness (QED) is 0.466. The summed E-state index contributed by atoms with van der Waals surface area (Å²) in [6, 6.07) is 9.78. The van der Waals surface area contributed by atoms with Crippen LogP contribution in [0, 0.1) is 0 Å². The van der Waals surface area contributed by atoms with Crippen LogP contribution >= 0.6 is 22.6 Å². The molecule has 0 spiro atoms. The number of piperidine rings is 1. The second-order valence-corrected chi connectivity index (χ2v) is 5.60. The summed E-state index contributed by atoms with van der Waals surface area (Å²) in [5, 5.41) is 0. The first-order chi connectivity index (χ1) is 8.27. The summed E-state index contributed by atoms with van der Waals surface area (Å²) in [5.41, 5.74) is 1.03. The van der Waals surface area contributed by atoms with Crippen LogP contribution in [0.2, 0.25) is 0 Å². The third kappa shape index (κ3) is 3.59. The Balaban J connectivity index is 1.84. The van der Waals surface area contributed by atoms with Crippen LogP contribution in [-0.4, -0.2) is 21.6 Å². The number of likely N-dealkylation sites (tertiary alicyclic amines) is 1. The first kappa shape index (κ1) is 12.7. The van der Waals surface area contributed by atoms with E-state index in [0.717, 1.165) is 24.9 Å². The molecule has 92 valence electrons. The highest BCUT2D eigenvalue weighted by Gasteiger charge is 2.25. The van der Waals surface area contributed by atoms with Crippen LogP contribution in [0.25, 0.3) is 0 Å². The summed E-state index contributed by atoms with van der Waals surface area (Å²) < 4.78 is 5.60. The average Bonchev–Trinajstić information content (AvgIpc) is 2.38. The SMILES string of the molecule is O=C(OCc1ccccc1)N1CCCCC1I. The van der Waals surface area contributed by atoms with Gasteiger partial charge in [0.05, 0.1) is 4.05 Å². The monoisotopic (exact) mass is 345 g/mol. The number of halogens is 1. The number of alkyl halides is 1. The van der Waals surface area contributed by atoms with Gasteiger partial charge in [-0.25, -0.2) is 4.79 Å². The number of hydrogen-bond donors (Lipinski definition) is 0. The third-order valence-electron chi connectivity index (χ3n) is 2.87. The lowest BCUT2D eigenvalue weighted by atomic mass is 10.1. The molecule has 0 bridgehead atoms. The molecule has 1 unspecified atom stereocenters. The van der Waals surface area contributed by atoms with Gasteiger partial charge in [-0.15, -0.1) is 0 Å². The van der Waals surface area contributed by atoms with Crippen molar-refractivity contribution in [1.82, 2.24) is 4.90 Å². The van der Waals surface area contributed by atoms with E-state index >= 15 is 0 Å². The number of amides is 1. The highest BCUT2D eigenvalue weighted by atomic mass is 127. The van der Waals surface area contributed by atoms with Gasteiger partial charge in [-0.2, -0.15) is 0 Å². The van der Waals surface area contributed by atoms with Crippen LogP contribution in [0.1, 0.15) is 24.8 Å². The Labute approximate surface area is 115 Å². The van der Waals surface area contributed by atoms with Crippen LogP contribution < -0.4 is 0 Å². The van der Waals surface area contributed by atoms with Gasteiger partial charge >= 0.3 is 6.09 Å². The Morgan fingerprint density at radius 2 is 2.12 bits per heavy atom. The molecular formula is C13H16INO2. The summed E-state index contributed by atoms with van der Waals surface area (Å²) in [5.74, 6) is 0. The lowest BCUT2D eigenvalue weighted by molar-refractivity contribution is 0.0866. The molecule has 1 fully saturated rings. The van der Waals surface area contributed by atoms with Gasteiger partial charge in [0.25, 0.3) is 0 Å². The summed E-state index contributed by atoms with van der Waals surface area (Å²) in [6.45, 7) is 1.18. The number of nitrogens with zero attached hydrogens (tertiary/aromatic N) is 1. The lowest BCUT2D eigenvalue weighted by Crippen LogP contribution is -2.40. The summed E-state index contributed by atoms with van der Waals surface area (Å²) >= 11 is 2.31. The Hall–Kier alpha value is -0.780. The molecule has 0 N–H and O–H groups in total. The van der Waals surface area contributed by atoms with E-state index in [0.29, 0.717) is 6.61 Å². The standard InChI is InChI=1S/C13H16INO2/c14-12-8-4-5-9-15(12)13(16)17-10-11-6-2-1-3-7-11/h1-3,6-7,12H,4-5,8-10H2. The largest absolute Gasteiger partial charge is 0.445 e. The molecule has 17 heavy (non-hydrogen) atoms. The van der Waals surface area contributed by atoms with Gasteiger partial charge in [-0.3, -0.25) is 4.90 Å². The molecule has 2 rings (SSSR count). The van der Waals surface area contributed by atoms with Crippen molar-refractivity contribution in [3.8, 4) is 0 Å². The molecule has 4 heteroatoms. The molecule has 1 aromatic carbocycles. The van der Waals surface area contributed by atoms with Crippen LogP contribution in [0.15, 0.2) is 30.3 Å². The number of carbonyl (C=O) groups excluding carboxylic acids is 1. The molecule has 1 atom stereocenters. The van der Waals surface area contributed by atoms with E-state index in [-0.39, 0.29) is 10.1 Å². The molecular weight excluding hydrogens is 329 g/mol. The molecule has 1 amide bonds. The number of carbonyl (C=O) groups is 1. The van der Waals surface area contributed by atoms with E-state index in [9.17, 15) is 4.79 Å². The molecule has 1 saturated heterocycles. The van der Waals surface area contributed by atoms with Crippen molar-refractivity contribution in [2.24, 2.45) is 0 Å². The minimum absolute atomic E-state index is 0.187. The fourth-order valence-electron chi connectivity index (χ4n) is 1.90. The molecule has 0 radical (unpaired) electrons. The predicted molar refractivity (Wildman–Crippen MR) is 75.0 cm³/mol. The topological polar surface area (TPSA) is 29.5 Å². The molecule has 0 aliphatic carbocycles. The van der Waals surface area contributed by atoms with Gasteiger partial charge in [0, 0.05) is 6.54 Å². The van der Waals surface area contributed by atoms with E-state index in [1.54, 1.807) is 0 Å².